The number of nitrogens with one attached hydrogen (secondary N) is 1. The van der Waals surface area contributed by atoms with Gasteiger partial charge in [0.2, 0.25) is 5.91 Å². The number of carbonyl (C=O) groups is 2. The molecule has 4 aromatic rings. The van der Waals surface area contributed by atoms with Gasteiger partial charge in [0.25, 0.3) is 0 Å². The highest BCUT2D eigenvalue weighted by Crippen LogP contribution is 2.33. The van der Waals surface area contributed by atoms with Crippen LogP contribution in [0.3, 0.4) is 0 Å². The van der Waals surface area contributed by atoms with Crippen LogP contribution in [0.4, 0.5) is 10.6 Å². The molecule has 4 heterocycles. The molecular formula is C26H31N7O3. The number of aryl methyl sites for hydroxylation is 1. The fourth-order valence-electron chi connectivity index (χ4n) is 3.94. The number of H-pyrrole nitrogens is 1. The molecule has 0 aliphatic heterocycles. The van der Waals surface area contributed by atoms with E-state index in [1.165, 1.54) is 11.8 Å². The predicted octanol–water partition coefficient (Wildman–Crippen LogP) is 4.42. The molecule has 0 unspecified atom stereocenters. The largest absolute Gasteiger partial charge is 0.443 e. The van der Waals surface area contributed by atoms with Gasteiger partial charge in [-0.1, -0.05) is 12.1 Å². The summed E-state index contributed by atoms with van der Waals surface area (Å²) in [4.78, 5) is 45.1. The monoisotopic (exact) mass is 489 g/mol. The maximum absolute atomic E-state index is 12.8. The van der Waals surface area contributed by atoms with Gasteiger partial charge in [-0.15, -0.1) is 6.58 Å². The number of aromatic amines is 1. The van der Waals surface area contributed by atoms with E-state index in [1.807, 2.05) is 56.7 Å². The fraction of sp³-hybridized carbons (Fsp3) is 0.346. The summed E-state index contributed by atoms with van der Waals surface area (Å²) in [6.45, 7) is 11.5. The molecule has 0 fully saturated rings. The summed E-state index contributed by atoms with van der Waals surface area (Å²) in [6.07, 6.45) is 2.87. The number of amides is 2. The van der Waals surface area contributed by atoms with Crippen LogP contribution in [0.5, 0.6) is 0 Å². The minimum absolute atomic E-state index is 0.0443. The number of hydrogen-bond donors (Lipinski definition) is 1. The van der Waals surface area contributed by atoms with E-state index < -0.39 is 11.7 Å². The van der Waals surface area contributed by atoms with E-state index in [2.05, 4.69) is 16.5 Å². The van der Waals surface area contributed by atoms with Crippen molar-refractivity contribution in [3.63, 3.8) is 0 Å². The normalized spacial score (nSPS) is 11.6. The van der Waals surface area contributed by atoms with E-state index >= 15 is 0 Å². The Hall–Kier alpha value is -4.21. The van der Waals surface area contributed by atoms with Gasteiger partial charge < -0.3 is 19.2 Å². The lowest BCUT2D eigenvalue weighted by atomic mass is 10.2. The van der Waals surface area contributed by atoms with Crippen molar-refractivity contribution in [1.82, 2.24) is 29.4 Å². The van der Waals surface area contributed by atoms with Gasteiger partial charge in [-0.05, 0) is 39.0 Å². The quantitative estimate of drug-likeness (QED) is 0.402. The van der Waals surface area contributed by atoms with E-state index in [4.69, 9.17) is 14.7 Å². The number of fused-ring (bicyclic) bond motifs is 3. The number of pyridine rings is 2. The summed E-state index contributed by atoms with van der Waals surface area (Å²) in [7, 11) is 3.52. The van der Waals surface area contributed by atoms with Crippen LogP contribution in [0.15, 0.2) is 43.2 Å². The summed E-state index contributed by atoms with van der Waals surface area (Å²) in [5.74, 6) is 0.348. The number of hydrogen-bond acceptors (Lipinski definition) is 6. The first-order valence-electron chi connectivity index (χ1n) is 11.6. The van der Waals surface area contributed by atoms with Crippen molar-refractivity contribution in [1.29, 1.82) is 0 Å². The minimum Gasteiger partial charge on any atom is -0.443 e. The number of imidazole rings is 1. The molecule has 2 amide bonds. The van der Waals surface area contributed by atoms with Gasteiger partial charge in [-0.2, -0.15) is 0 Å². The van der Waals surface area contributed by atoms with Crippen LogP contribution in [0.2, 0.25) is 0 Å². The van der Waals surface area contributed by atoms with E-state index in [0.717, 1.165) is 22.3 Å². The lowest BCUT2D eigenvalue weighted by Crippen LogP contribution is -2.34. The Kier molecular flexibility index (Phi) is 6.53. The van der Waals surface area contributed by atoms with Crippen LogP contribution < -0.4 is 4.90 Å². The van der Waals surface area contributed by atoms with E-state index in [9.17, 15) is 9.59 Å². The van der Waals surface area contributed by atoms with Crippen LogP contribution in [0.25, 0.3) is 33.5 Å². The molecule has 10 nitrogen and oxygen atoms in total. The van der Waals surface area contributed by atoms with Gasteiger partial charge in [0.05, 0.1) is 35.5 Å². The lowest BCUT2D eigenvalue weighted by molar-refractivity contribution is -0.128. The average Bonchev–Trinajstić information content (AvgIpc) is 3.40. The Balaban J connectivity index is 1.77. The molecule has 0 aliphatic rings. The van der Waals surface area contributed by atoms with Crippen LogP contribution in [-0.4, -0.2) is 60.6 Å². The van der Waals surface area contributed by atoms with Crippen molar-refractivity contribution >= 4 is 39.9 Å². The molecule has 0 saturated heterocycles. The van der Waals surface area contributed by atoms with Crippen molar-refractivity contribution < 1.29 is 14.3 Å². The maximum atomic E-state index is 12.8. The van der Waals surface area contributed by atoms with Gasteiger partial charge in [0.1, 0.15) is 16.8 Å². The SMILES string of the molecule is C=CCN(Cc1cccc(-c2cc3c(nc(N(C)C(=O)OC(C)(C)C)c4ncn(C)c43)[nH]2)n1)C(C)=O. The third kappa shape index (κ3) is 4.93. The van der Waals surface area contributed by atoms with Gasteiger partial charge >= 0.3 is 6.09 Å². The molecule has 0 saturated carbocycles. The number of ether oxygens (including phenoxy) is 1. The van der Waals surface area contributed by atoms with E-state index in [0.29, 0.717) is 35.8 Å². The van der Waals surface area contributed by atoms with Crippen LogP contribution in [0, 0.1) is 0 Å². The highest BCUT2D eigenvalue weighted by Gasteiger charge is 2.25. The Labute approximate surface area is 209 Å². The van der Waals surface area contributed by atoms with Gasteiger partial charge in [-0.25, -0.2) is 19.7 Å². The van der Waals surface area contributed by atoms with Crippen LogP contribution >= 0.6 is 0 Å². The molecule has 0 aliphatic carbocycles. The highest BCUT2D eigenvalue weighted by atomic mass is 16.6. The third-order valence-corrected chi connectivity index (χ3v) is 5.63. The van der Waals surface area contributed by atoms with Gasteiger partial charge in [-0.3, -0.25) is 9.69 Å². The van der Waals surface area contributed by atoms with Crippen molar-refractivity contribution in [2.45, 2.75) is 39.8 Å². The summed E-state index contributed by atoms with van der Waals surface area (Å²) < 4.78 is 7.43. The van der Waals surface area contributed by atoms with Crippen LogP contribution in [-0.2, 0) is 23.1 Å². The second-order valence-electron chi connectivity index (χ2n) is 9.68. The lowest BCUT2D eigenvalue weighted by Gasteiger charge is -2.24. The smallest absolute Gasteiger partial charge is 0.415 e. The summed E-state index contributed by atoms with van der Waals surface area (Å²) in [5.41, 5.74) is 3.60. The molecule has 36 heavy (non-hydrogen) atoms. The number of rotatable bonds is 6. The predicted molar refractivity (Wildman–Crippen MR) is 140 cm³/mol. The van der Waals surface area contributed by atoms with E-state index in [-0.39, 0.29) is 5.91 Å². The Morgan fingerprint density at radius 3 is 2.67 bits per heavy atom. The molecule has 4 rings (SSSR count). The maximum Gasteiger partial charge on any atom is 0.415 e. The molecule has 0 aromatic carbocycles. The van der Waals surface area contributed by atoms with E-state index in [1.54, 1.807) is 24.4 Å². The zero-order valence-electron chi connectivity index (χ0n) is 21.5. The Morgan fingerprint density at radius 2 is 2.00 bits per heavy atom. The highest BCUT2D eigenvalue weighted by molar-refractivity contribution is 6.09. The minimum atomic E-state index is -0.640. The van der Waals surface area contributed by atoms with Crippen molar-refractivity contribution in [2.75, 3.05) is 18.5 Å². The second-order valence-corrected chi connectivity index (χ2v) is 9.68. The molecule has 0 atom stereocenters. The number of carbonyl (C=O) groups excluding carboxylic acids is 2. The van der Waals surface area contributed by atoms with Crippen molar-refractivity contribution in [2.24, 2.45) is 7.05 Å². The molecule has 188 valence electrons. The average molecular weight is 490 g/mol. The molecule has 0 spiro atoms. The number of nitrogens with zero attached hydrogens (tertiary/aromatic N) is 6. The molecule has 4 aromatic heterocycles. The first-order valence-corrected chi connectivity index (χ1v) is 11.6. The number of anilines is 1. The first-order chi connectivity index (χ1) is 17.0. The summed E-state index contributed by atoms with van der Waals surface area (Å²) >= 11 is 0. The standard InChI is InChI=1S/C26H31N7O3/c1-8-12-33(16(2)34)14-17-10-9-11-19(28-17)20-13-18-22-21(27-15-31(22)6)24(30-23(18)29-20)32(7)25(35)36-26(3,4)5/h8-11,13,15H,1,12,14H2,2-7H3,(H,29,30). The topological polar surface area (TPSA) is 109 Å². The summed E-state index contributed by atoms with van der Waals surface area (Å²) in [6, 6.07) is 7.66. The molecular weight excluding hydrogens is 458 g/mol. The Morgan fingerprint density at radius 1 is 1.25 bits per heavy atom. The zero-order valence-corrected chi connectivity index (χ0v) is 21.5. The number of aromatic nitrogens is 5. The molecule has 1 N–H and O–H groups in total. The third-order valence-electron chi connectivity index (χ3n) is 5.63. The van der Waals surface area contributed by atoms with Crippen molar-refractivity contribution in [3.05, 3.63) is 48.9 Å². The van der Waals surface area contributed by atoms with Gasteiger partial charge in [0.15, 0.2) is 5.82 Å². The Bertz CT molecular complexity index is 1460. The molecule has 10 heteroatoms. The molecule has 0 radical (unpaired) electrons. The summed E-state index contributed by atoms with van der Waals surface area (Å²) in [5, 5.41) is 0.852. The second kappa shape index (κ2) is 9.44. The zero-order chi connectivity index (χ0) is 26.2. The fourth-order valence-corrected chi connectivity index (χ4v) is 3.94. The van der Waals surface area contributed by atoms with Gasteiger partial charge in [0, 0.05) is 33.0 Å². The first kappa shape index (κ1) is 24.9. The molecule has 0 bridgehead atoms. The van der Waals surface area contributed by atoms with Crippen LogP contribution in [0.1, 0.15) is 33.4 Å². The van der Waals surface area contributed by atoms with Crippen molar-refractivity contribution in [3.8, 4) is 11.4 Å².